The fourth-order valence-corrected chi connectivity index (χ4v) is 5.86. The van der Waals surface area contributed by atoms with Gasteiger partial charge in [-0.3, -0.25) is 4.79 Å². The fraction of sp³-hybridized carbons (Fsp3) is 0.842. The number of Topliss-reactive ketones (excluding diaryl/α,β-unsaturated/α-hetero) is 1. The minimum Gasteiger partial charge on any atom is -0.414 e. The van der Waals surface area contributed by atoms with Crippen LogP contribution in [0.25, 0.3) is 0 Å². The molecule has 0 amide bonds. The van der Waals surface area contributed by atoms with Crippen LogP contribution in [-0.2, 0) is 9.22 Å². The van der Waals surface area contributed by atoms with Crippen LogP contribution < -0.4 is 0 Å². The molecule has 0 aromatic heterocycles. The second-order valence-corrected chi connectivity index (χ2v) is 20.4. The molecule has 1 aliphatic rings. The minimum absolute atomic E-state index is 0.0831. The van der Waals surface area contributed by atoms with Gasteiger partial charge in [0.2, 0.25) is 0 Å². The molecule has 24 heavy (non-hydrogen) atoms. The van der Waals surface area contributed by atoms with Crippen molar-refractivity contribution in [3.05, 3.63) is 0 Å². The Labute approximate surface area is 165 Å². The van der Waals surface area contributed by atoms with Gasteiger partial charge in [-0.25, -0.2) is 0 Å². The van der Waals surface area contributed by atoms with Gasteiger partial charge < -0.3 is 4.43 Å². The highest BCUT2D eigenvalue weighted by Crippen LogP contribution is 2.41. The Morgan fingerprint density at radius 1 is 1.21 bits per heavy atom. The van der Waals surface area contributed by atoms with Crippen molar-refractivity contribution in [3.8, 4) is 11.5 Å². The topological polar surface area (TPSA) is 26.3 Å². The lowest BCUT2D eigenvalue weighted by Crippen LogP contribution is -2.49. The molecule has 0 N–H and O–H groups in total. The molecule has 0 saturated heterocycles. The molecule has 0 spiro atoms. The van der Waals surface area contributed by atoms with Gasteiger partial charge in [-0.2, -0.15) is 0 Å². The molecule has 0 heterocycles. The summed E-state index contributed by atoms with van der Waals surface area (Å²) >= 11 is 2.35. The maximum atomic E-state index is 12.2. The summed E-state index contributed by atoms with van der Waals surface area (Å²) in [6.45, 7) is 18.3. The van der Waals surface area contributed by atoms with Crippen molar-refractivity contribution in [2.75, 3.05) is 0 Å². The van der Waals surface area contributed by atoms with Gasteiger partial charge in [0.25, 0.3) is 0 Å². The lowest BCUT2D eigenvalue weighted by atomic mass is 9.83. The number of rotatable bonds is 4. The second kappa shape index (κ2) is 8.36. The van der Waals surface area contributed by atoms with Crippen LogP contribution >= 0.6 is 22.6 Å². The molecule has 1 saturated carbocycles. The quantitative estimate of drug-likeness (QED) is 0.220. The normalized spacial score (nSPS) is 26.0. The first-order valence-electron chi connectivity index (χ1n) is 9.09. The van der Waals surface area contributed by atoms with Crippen LogP contribution in [0.2, 0.25) is 37.8 Å². The number of halogens is 1. The number of carbonyl (C=O) groups excluding carboxylic acids is 1. The summed E-state index contributed by atoms with van der Waals surface area (Å²) < 4.78 is 6.80. The van der Waals surface area contributed by atoms with E-state index >= 15 is 0 Å². The van der Waals surface area contributed by atoms with Gasteiger partial charge >= 0.3 is 0 Å². The summed E-state index contributed by atoms with van der Waals surface area (Å²) in [6, 6.07) is 0. The van der Waals surface area contributed by atoms with Crippen molar-refractivity contribution >= 4 is 44.8 Å². The van der Waals surface area contributed by atoms with Crippen LogP contribution in [0.3, 0.4) is 0 Å². The van der Waals surface area contributed by atoms with E-state index in [4.69, 9.17) is 4.43 Å². The van der Waals surface area contributed by atoms with E-state index in [9.17, 15) is 4.79 Å². The first-order chi connectivity index (χ1) is 10.7. The molecule has 5 heteroatoms. The average molecular weight is 479 g/mol. The smallest absolute Gasteiger partial charge is 0.192 e. The van der Waals surface area contributed by atoms with Crippen LogP contribution in [0.5, 0.6) is 0 Å². The van der Waals surface area contributed by atoms with Crippen molar-refractivity contribution < 1.29 is 9.22 Å². The third-order valence-corrected chi connectivity index (χ3v) is 12.2. The van der Waals surface area contributed by atoms with E-state index in [0.717, 1.165) is 19.3 Å². The number of ketones is 1. The number of carbonyl (C=O) groups is 1. The predicted molar refractivity (Wildman–Crippen MR) is 118 cm³/mol. The lowest BCUT2D eigenvalue weighted by molar-refractivity contribution is -0.122. The maximum absolute atomic E-state index is 12.2. The van der Waals surface area contributed by atoms with Gasteiger partial charge in [0.1, 0.15) is 13.9 Å². The summed E-state index contributed by atoms with van der Waals surface area (Å²) in [5.74, 6) is 4.09. The highest BCUT2D eigenvalue weighted by atomic mass is 127. The van der Waals surface area contributed by atoms with Gasteiger partial charge in [0.05, 0.1) is 3.92 Å². The van der Waals surface area contributed by atoms with E-state index in [1.807, 2.05) is 0 Å². The molecule has 0 aromatic rings. The highest BCUT2D eigenvalue weighted by molar-refractivity contribution is 14.1. The maximum Gasteiger partial charge on any atom is 0.192 e. The summed E-state index contributed by atoms with van der Waals surface area (Å²) in [4.78, 5) is 12.2. The van der Waals surface area contributed by atoms with Crippen molar-refractivity contribution in [2.24, 2.45) is 5.92 Å². The van der Waals surface area contributed by atoms with Crippen molar-refractivity contribution in [1.29, 1.82) is 0 Å². The zero-order valence-electron chi connectivity index (χ0n) is 16.8. The van der Waals surface area contributed by atoms with Gasteiger partial charge in [-0.05, 0) is 31.0 Å². The van der Waals surface area contributed by atoms with Crippen LogP contribution in [0, 0.1) is 17.4 Å². The molecule has 1 rings (SSSR count). The Bertz CT molecular complexity index is 506. The second-order valence-electron chi connectivity index (χ2n) is 9.58. The van der Waals surface area contributed by atoms with Crippen LogP contribution in [0.4, 0.5) is 0 Å². The minimum atomic E-state index is -1.81. The third kappa shape index (κ3) is 6.58. The summed E-state index contributed by atoms with van der Waals surface area (Å²) in [6.07, 6.45) is 3.65. The molecule has 3 atom stereocenters. The Hall–Kier alpha value is 0.354. The van der Waals surface area contributed by atoms with Crippen molar-refractivity contribution in [2.45, 2.75) is 94.3 Å². The Kier molecular flexibility index (Phi) is 7.80. The number of hydrogen-bond donors (Lipinski definition) is 0. The molecule has 2 nitrogen and oxygen atoms in total. The van der Waals surface area contributed by atoms with Gasteiger partial charge in [-0.15, -0.1) is 11.5 Å². The van der Waals surface area contributed by atoms with Gasteiger partial charge in [0, 0.05) is 24.9 Å². The van der Waals surface area contributed by atoms with Crippen molar-refractivity contribution in [3.63, 3.8) is 0 Å². The molecule has 0 unspecified atom stereocenters. The Morgan fingerprint density at radius 2 is 1.79 bits per heavy atom. The molecular formula is C19H35IO2Si2. The molecule has 138 valence electrons. The molecule has 0 radical (unpaired) electrons. The Morgan fingerprint density at radius 3 is 2.29 bits per heavy atom. The summed E-state index contributed by atoms with van der Waals surface area (Å²) in [7, 11) is -3.12. The Balaban J connectivity index is 2.84. The zero-order valence-corrected chi connectivity index (χ0v) is 20.9. The largest absolute Gasteiger partial charge is 0.414 e. The summed E-state index contributed by atoms with van der Waals surface area (Å²) in [5.41, 5.74) is 3.44. The van der Waals surface area contributed by atoms with E-state index in [0.29, 0.717) is 18.1 Å². The summed E-state index contributed by atoms with van der Waals surface area (Å²) in [5, 5.41) is 0.206. The monoisotopic (exact) mass is 478 g/mol. The van der Waals surface area contributed by atoms with Crippen molar-refractivity contribution in [1.82, 2.24) is 0 Å². The first-order valence-corrected chi connectivity index (χ1v) is 16.7. The number of alkyl halides is 1. The average Bonchev–Trinajstić information content (AvgIpc) is 2.39. The molecule has 0 aromatic carbocycles. The zero-order chi connectivity index (χ0) is 18.8. The molecule has 0 aliphatic heterocycles. The van der Waals surface area contributed by atoms with E-state index < -0.39 is 16.4 Å². The molecule has 0 bridgehead atoms. The molecule has 1 aliphatic carbocycles. The van der Waals surface area contributed by atoms with Crippen LogP contribution in [-0.4, -0.2) is 32.2 Å². The van der Waals surface area contributed by atoms with E-state index in [-0.39, 0.29) is 15.1 Å². The van der Waals surface area contributed by atoms with E-state index in [1.165, 1.54) is 0 Å². The molecular weight excluding hydrogens is 443 g/mol. The van der Waals surface area contributed by atoms with Gasteiger partial charge in [0.15, 0.2) is 8.32 Å². The predicted octanol–water partition coefficient (Wildman–Crippen LogP) is 5.82. The third-order valence-electron chi connectivity index (χ3n) is 5.15. The SMILES string of the molecule is CC(C)(C)[Si](C)(C)O[C@H]1CCC(=O)[C@H](I)[C@@H]1CCC#C[Si](C)(C)C. The molecule has 1 fully saturated rings. The fourth-order valence-electron chi connectivity index (χ4n) is 2.66. The van der Waals surface area contributed by atoms with Gasteiger partial charge in [-0.1, -0.05) is 63.0 Å². The van der Waals surface area contributed by atoms with E-state index in [1.54, 1.807) is 0 Å². The van der Waals surface area contributed by atoms with E-state index in [2.05, 4.69) is 87.6 Å². The highest BCUT2D eigenvalue weighted by Gasteiger charge is 2.44. The van der Waals surface area contributed by atoms with Crippen LogP contribution in [0.1, 0.15) is 46.5 Å². The standard InChI is InChI=1S/C19H35IO2Si2/c1-19(2,3)24(7,8)22-17-13-12-16(21)18(20)15(17)11-9-10-14-23(4,5)6/h15,17-18H,9,11-13H2,1-8H3/t15-,17+,18-/m1/s1. The van der Waals surface area contributed by atoms with Crippen LogP contribution in [0.15, 0.2) is 0 Å². The first kappa shape index (κ1) is 22.4. The number of hydrogen-bond acceptors (Lipinski definition) is 2. The lowest BCUT2D eigenvalue weighted by Gasteiger charge is -2.44.